The van der Waals surface area contributed by atoms with Crippen molar-refractivity contribution in [2.75, 3.05) is 6.54 Å². The fourth-order valence-electron chi connectivity index (χ4n) is 1.86. The van der Waals surface area contributed by atoms with Gasteiger partial charge in [0.25, 0.3) is 0 Å². The summed E-state index contributed by atoms with van der Waals surface area (Å²) in [4.78, 5) is 0. The first-order valence-electron chi connectivity index (χ1n) is 5.54. The summed E-state index contributed by atoms with van der Waals surface area (Å²) in [5, 5.41) is 4.50. The number of hydrogen-bond donors (Lipinski definition) is 1. The molecule has 1 saturated carbocycles. The van der Waals surface area contributed by atoms with Crippen LogP contribution in [0.25, 0.3) is 0 Å². The minimum absolute atomic E-state index is 0.307. The van der Waals surface area contributed by atoms with E-state index < -0.39 is 0 Å². The van der Waals surface area contributed by atoms with Gasteiger partial charge in [0.05, 0.1) is 10.0 Å². The zero-order valence-electron chi connectivity index (χ0n) is 9.17. The Bertz CT molecular complexity index is 364. The molecule has 2 rings (SSSR count). The van der Waals surface area contributed by atoms with Gasteiger partial charge in [-0.2, -0.15) is 0 Å². The molecule has 4 heteroatoms. The van der Waals surface area contributed by atoms with Crippen molar-refractivity contribution < 1.29 is 4.74 Å². The summed E-state index contributed by atoms with van der Waals surface area (Å²) < 4.78 is 5.78. The van der Waals surface area contributed by atoms with E-state index >= 15 is 0 Å². The van der Waals surface area contributed by atoms with Crippen LogP contribution in [0.4, 0.5) is 0 Å². The van der Waals surface area contributed by atoms with Gasteiger partial charge >= 0.3 is 0 Å². The standard InChI is InChI=1S/C12H15Cl2NO/c1-2-15-8-5-10(6-8)16-9-3-4-11(13)12(14)7-9/h3-4,7-8,10,15H,2,5-6H2,1H3. The number of ether oxygens (including phenoxy) is 1. The Kier molecular flexibility index (Phi) is 3.95. The maximum atomic E-state index is 5.91. The van der Waals surface area contributed by atoms with Crippen LogP contribution in [0.1, 0.15) is 19.8 Å². The maximum Gasteiger partial charge on any atom is 0.121 e. The molecule has 1 N–H and O–H groups in total. The Morgan fingerprint density at radius 2 is 2.06 bits per heavy atom. The molecule has 0 bridgehead atoms. The number of rotatable bonds is 4. The first kappa shape index (κ1) is 12.0. The maximum absolute atomic E-state index is 5.91. The van der Waals surface area contributed by atoms with Crippen molar-refractivity contribution >= 4 is 23.2 Å². The summed E-state index contributed by atoms with van der Waals surface area (Å²) in [7, 11) is 0. The monoisotopic (exact) mass is 259 g/mol. The minimum Gasteiger partial charge on any atom is -0.490 e. The van der Waals surface area contributed by atoms with E-state index in [4.69, 9.17) is 27.9 Å². The summed E-state index contributed by atoms with van der Waals surface area (Å²) >= 11 is 11.7. The highest BCUT2D eigenvalue weighted by Crippen LogP contribution is 2.30. The molecule has 1 aromatic rings. The minimum atomic E-state index is 0.307. The first-order valence-corrected chi connectivity index (χ1v) is 6.29. The highest BCUT2D eigenvalue weighted by molar-refractivity contribution is 6.42. The van der Waals surface area contributed by atoms with Gasteiger partial charge < -0.3 is 10.1 Å². The van der Waals surface area contributed by atoms with Crippen LogP contribution >= 0.6 is 23.2 Å². The van der Waals surface area contributed by atoms with E-state index in [1.54, 1.807) is 12.1 Å². The topological polar surface area (TPSA) is 21.3 Å². The Hall–Kier alpha value is -0.440. The number of hydrogen-bond acceptors (Lipinski definition) is 2. The molecule has 0 unspecified atom stereocenters. The quantitative estimate of drug-likeness (QED) is 0.894. The molecule has 1 fully saturated rings. The molecule has 0 aliphatic heterocycles. The van der Waals surface area contributed by atoms with Crippen molar-refractivity contribution in [2.45, 2.75) is 31.9 Å². The Morgan fingerprint density at radius 1 is 1.31 bits per heavy atom. The first-order chi connectivity index (χ1) is 7.69. The van der Waals surface area contributed by atoms with Crippen LogP contribution in [0.2, 0.25) is 10.0 Å². The average molecular weight is 260 g/mol. The molecule has 0 spiro atoms. The summed E-state index contributed by atoms with van der Waals surface area (Å²) in [6.45, 7) is 3.14. The fraction of sp³-hybridized carbons (Fsp3) is 0.500. The van der Waals surface area contributed by atoms with Gasteiger partial charge in [-0.1, -0.05) is 30.1 Å². The normalized spacial score (nSPS) is 23.9. The molecule has 1 aromatic carbocycles. The molecule has 0 aromatic heterocycles. The van der Waals surface area contributed by atoms with Crippen molar-refractivity contribution in [3.63, 3.8) is 0 Å². The second kappa shape index (κ2) is 5.26. The Morgan fingerprint density at radius 3 is 2.69 bits per heavy atom. The molecule has 1 aliphatic rings. The van der Waals surface area contributed by atoms with Crippen LogP contribution in [0.15, 0.2) is 18.2 Å². The van der Waals surface area contributed by atoms with Crippen LogP contribution in [0.3, 0.4) is 0 Å². The molecule has 0 saturated heterocycles. The highest BCUT2D eigenvalue weighted by atomic mass is 35.5. The van der Waals surface area contributed by atoms with Crippen molar-refractivity contribution in [1.29, 1.82) is 0 Å². The predicted octanol–water partition coefficient (Wildman–Crippen LogP) is 3.51. The van der Waals surface area contributed by atoms with Gasteiger partial charge in [0.15, 0.2) is 0 Å². The third kappa shape index (κ3) is 2.82. The van der Waals surface area contributed by atoms with Gasteiger partial charge in [-0.3, -0.25) is 0 Å². The molecular weight excluding hydrogens is 245 g/mol. The van der Waals surface area contributed by atoms with Crippen molar-refractivity contribution in [1.82, 2.24) is 5.32 Å². The van der Waals surface area contributed by atoms with Gasteiger partial charge in [-0.25, -0.2) is 0 Å². The van der Waals surface area contributed by atoms with Crippen LogP contribution in [-0.2, 0) is 0 Å². The second-order valence-electron chi connectivity index (χ2n) is 4.04. The van der Waals surface area contributed by atoms with Crippen molar-refractivity contribution in [2.24, 2.45) is 0 Å². The summed E-state index contributed by atoms with van der Waals surface area (Å²) in [5.41, 5.74) is 0. The van der Waals surface area contributed by atoms with E-state index in [1.165, 1.54) is 0 Å². The third-order valence-electron chi connectivity index (χ3n) is 2.78. The van der Waals surface area contributed by atoms with Crippen LogP contribution < -0.4 is 10.1 Å². The second-order valence-corrected chi connectivity index (χ2v) is 4.86. The van der Waals surface area contributed by atoms with E-state index in [2.05, 4.69) is 12.2 Å². The molecule has 0 radical (unpaired) electrons. The van der Waals surface area contributed by atoms with Gasteiger partial charge in [-0.05, 0) is 31.5 Å². The van der Waals surface area contributed by atoms with Gasteiger partial charge in [-0.15, -0.1) is 0 Å². The lowest BCUT2D eigenvalue weighted by Crippen LogP contribution is -2.46. The van der Waals surface area contributed by atoms with E-state index in [1.807, 2.05) is 6.07 Å². The lowest BCUT2D eigenvalue weighted by molar-refractivity contribution is 0.0860. The number of nitrogens with one attached hydrogen (secondary N) is 1. The zero-order chi connectivity index (χ0) is 11.5. The zero-order valence-corrected chi connectivity index (χ0v) is 10.7. The molecular formula is C12H15Cl2NO. The van der Waals surface area contributed by atoms with Crippen LogP contribution in [0.5, 0.6) is 5.75 Å². The molecule has 16 heavy (non-hydrogen) atoms. The van der Waals surface area contributed by atoms with E-state index in [-0.39, 0.29) is 0 Å². The summed E-state index contributed by atoms with van der Waals surface area (Å²) in [5.74, 6) is 0.800. The molecule has 2 nitrogen and oxygen atoms in total. The molecule has 88 valence electrons. The van der Waals surface area contributed by atoms with Crippen LogP contribution in [-0.4, -0.2) is 18.7 Å². The summed E-state index contributed by atoms with van der Waals surface area (Å²) in [6.07, 6.45) is 2.43. The van der Waals surface area contributed by atoms with Gasteiger partial charge in [0.1, 0.15) is 11.9 Å². The van der Waals surface area contributed by atoms with Crippen molar-refractivity contribution in [3.8, 4) is 5.75 Å². The Balaban J connectivity index is 1.84. The van der Waals surface area contributed by atoms with Gasteiger partial charge in [0, 0.05) is 12.1 Å². The van der Waals surface area contributed by atoms with E-state index in [0.29, 0.717) is 22.2 Å². The SMILES string of the molecule is CCNC1CC(Oc2ccc(Cl)c(Cl)c2)C1. The average Bonchev–Trinajstić information content (AvgIpc) is 2.20. The lowest BCUT2D eigenvalue weighted by Gasteiger charge is -2.35. The fourth-order valence-corrected chi connectivity index (χ4v) is 2.15. The molecule has 1 aliphatic carbocycles. The third-order valence-corrected chi connectivity index (χ3v) is 3.52. The Labute approximate surface area is 106 Å². The highest BCUT2D eigenvalue weighted by Gasteiger charge is 2.29. The van der Waals surface area contributed by atoms with E-state index in [9.17, 15) is 0 Å². The predicted molar refractivity (Wildman–Crippen MR) is 67.6 cm³/mol. The molecule has 0 atom stereocenters. The van der Waals surface area contributed by atoms with E-state index in [0.717, 1.165) is 25.1 Å². The number of halogens is 2. The summed E-state index contributed by atoms with van der Waals surface area (Å²) in [6, 6.07) is 6.00. The number of benzene rings is 1. The van der Waals surface area contributed by atoms with Crippen molar-refractivity contribution in [3.05, 3.63) is 28.2 Å². The van der Waals surface area contributed by atoms with Gasteiger partial charge in [0.2, 0.25) is 0 Å². The largest absolute Gasteiger partial charge is 0.490 e. The molecule has 0 heterocycles. The van der Waals surface area contributed by atoms with Crippen LogP contribution in [0, 0.1) is 0 Å². The smallest absolute Gasteiger partial charge is 0.121 e. The molecule has 0 amide bonds. The lowest BCUT2D eigenvalue weighted by atomic mass is 9.89.